The molecule has 2 N–H and O–H groups in total. The van der Waals surface area contributed by atoms with Crippen LogP contribution < -0.4 is 0 Å². The van der Waals surface area contributed by atoms with Gasteiger partial charge in [-0.3, -0.25) is 4.79 Å². The van der Waals surface area contributed by atoms with Crippen LogP contribution in [-0.4, -0.2) is 60.9 Å². The lowest BCUT2D eigenvalue weighted by atomic mass is 9.60. The molecule has 0 saturated heterocycles. The molecule has 6 aliphatic rings. The minimum Gasteiger partial charge on any atom is -0.478 e. The number of benzene rings is 6. The van der Waals surface area contributed by atoms with Gasteiger partial charge in [-0.1, -0.05) is 66.7 Å². The zero-order valence-electron chi connectivity index (χ0n) is 32.5. The fourth-order valence-corrected chi connectivity index (χ4v) is 9.51. The molecule has 0 saturated carbocycles. The van der Waals surface area contributed by atoms with Crippen molar-refractivity contribution in [2.24, 2.45) is 0 Å². The summed E-state index contributed by atoms with van der Waals surface area (Å²) in [6, 6.07) is 36.1. The maximum absolute atomic E-state index is 12.2. The van der Waals surface area contributed by atoms with E-state index in [2.05, 4.69) is 18.2 Å². The molecule has 0 aromatic heterocycles. The van der Waals surface area contributed by atoms with Crippen LogP contribution in [-0.2, 0) is 35.2 Å². The van der Waals surface area contributed by atoms with E-state index in [4.69, 9.17) is 23.8 Å². The van der Waals surface area contributed by atoms with Gasteiger partial charge in [-0.2, -0.15) is 9.59 Å². The summed E-state index contributed by atoms with van der Waals surface area (Å²) in [5.74, 6) is -3.04. The molecule has 6 aromatic rings. The number of carboxylic acid groups (broad SMARTS) is 2. The van der Waals surface area contributed by atoms with Gasteiger partial charge in [-0.15, -0.1) is 0 Å². The molecule has 0 unspecified atom stereocenters. The van der Waals surface area contributed by atoms with Gasteiger partial charge in [-0.25, -0.2) is 19.2 Å². The van der Waals surface area contributed by atoms with Crippen molar-refractivity contribution in [3.05, 3.63) is 210 Å². The van der Waals surface area contributed by atoms with Crippen LogP contribution in [0.4, 0.5) is 0 Å². The number of methoxy groups -OCH3 is 2. The summed E-state index contributed by atoms with van der Waals surface area (Å²) < 4.78 is 14.8. The molecule has 0 amide bonds. The first-order valence-corrected chi connectivity index (χ1v) is 19.0. The quantitative estimate of drug-likeness (QED) is 0.0923. The molecule has 0 fully saturated rings. The van der Waals surface area contributed by atoms with Gasteiger partial charge >= 0.3 is 30.0 Å². The van der Waals surface area contributed by atoms with Gasteiger partial charge in [0.2, 0.25) is 0 Å². The standard InChI is InChI=1S/C26H20O6.C22H14O4.CO2/c1-30-25(28)15-4-7-18-21(10-15)24-20-9-14(12-32-13-27)3-6-17(20)23(18)19-8-5-16(11-22(19)24)26(29)31-2;23-21(24)11-5-7-15-17(9-11)20-14-4-2-1-3-13(14)19(15)16-8-6-12(22(25)26)10-18(16)20;2-1-3/h3-11,13,23-24H,12H2,1-2H3;1-10,19-20H,(H,23,24)(H,25,26);. The second kappa shape index (κ2) is 16.0. The van der Waals surface area contributed by atoms with E-state index >= 15 is 0 Å². The first-order chi connectivity index (χ1) is 29.5. The summed E-state index contributed by atoms with van der Waals surface area (Å²) in [5.41, 5.74) is 15.3. The lowest BCUT2D eigenvalue weighted by molar-refractivity contribution is -0.191. The zero-order chi connectivity index (χ0) is 43.1. The Labute approximate surface area is 348 Å². The predicted octanol–water partition coefficient (Wildman–Crippen LogP) is 7.41. The molecule has 12 rings (SSSR count). The van der Waals surface area contributed by atoms with Gasteiger partial charge in [0, 0.05) is 23.7 Å². The van der Waals surface area contributed by atoms with Gasteiger partial charge in [-0.05, 0) is 121 Å². The first-order valence-electron chi connectivity index (χ1n) is 19.0. The number of ether oxygens (including phenoxy) is 3. The Balaban J connectivity index is 0.000000161. The molecule has 0 aliphatic heterocycles. The topological polar surface area (TPSA) is 188 Å². The Morgan fingerprint density at radius 2 is 0.803 bits per heavy atom. The maximum Gasteiger partial charge on any atom is 0.373 e. The molecule has 0 heterocycles. The number of carbonyl (C=O) groups is 5. The van der Waals surface area contributed by atoms with Crippen LogP contribution in [0.3, 0.4) is 0 Å². The highest BCUT2D eigenvalue weighted by atomic mass is 16.5. The number of carboxylic acids is 2. The van der Waals surface area contributed by atoms with E-state index < -0.39 is 23.9 Å². The number of esters is 2. The second-order valence-electron chi connectivity index (χ2n) is 14.8. The van der Waals surface area contributed by atoms with Crippen molar-refractivity contribution in [1.82, 2.24) is 0 Å². The lowest BCUT2D eigenvalue weighted by Gasteiger charge is -2.42. The molecule has 12 nitrogen and oxygen atoms in total. The van der Waals surface area contributed by atoms with Crippen molar-refractivity contribution in [2.75, 3.05) is 14.2 Å². The fraction of sp³-hybridized carbons (Fsp3) is 0.143. The van der Waals surface area contributed by atoms with E-state index in [0.717, 1.165) is 61.2 Å². The summed E-state index contributed by atoms with van der Waals surface area (Å²) in [5, 5.41) is 18.8. The van der Waals surface area contributed by atoms with E-state index in [9.17, 15) is 34.2 Å². The van der Waals surface area contributed by atoms with Crippen LogP contribution >= 0.6 is 0 Å². The maximum atomic E-state index is 12.2. The summed E-state index contributed by atoms with van der Waals surface area (Å²) in [4.78, 5) is 74.3. The van der Waals surface area contributed by atoms with Crippen molar-refractivity contribution in [1.29, 1.82) is 0 Å². The van der Waals surface area contributed by atoms with E-state index in [1.807, 2.05) is 60.7 Å². The molecule has 12 heteroatoms. The number of aromatic carboxylic acids is 2. The van der Waals surface area contributed by atoms with Crippen LogP contribution in [0.1, 0.15) is 137 Å². The average Bonchev–Trinajstić information content (AvgIpc) is 3.29. The Hall–Kier alpha value is -7.95. The Morgan fingerprint density at radius 3 is 1.18 bits per heavy atom. The van der Waals surface area contributed by atoms with Crippen LogP contribution in [0.2, 0.25) is 0 Å². The number of rotatable bonds is 7. The number of hydrogen-bond donors (Lipinski definition) is 2. The Morgan fingerprint density at radius 1 is 0.492 bits per heavy atom. The number of hydrogen-bond acceptors (Lipinski definition) is 10. The van der Waals surface area contributed by atoms with Crippen molar-refractivity contribution >= 4 is 36.5 Å². The summed E-state index contributed by atoms with van der Waals surface area (Å²) >= 11 is 0. The van der Waals surface area contributed by atoms with Crippen LogP contribution in [0.5, 0.6) is 0 Å². The van der Waals surface area contributed by atoms with E-state index in [1.54, 1.807) is 36.4 Å². The Bertz CT molecular complexity index is 2730. The summed E-state index contributed by atoms with van der Waals surface area (Å²) in [7, 11) is 2.72. The third kappa shape index (κ3) is 6.65. The highest BCUT2D eigenvalue weighted by molar-refractivity contribution is 5.92. The zero-order valence-corrected chi connectivity index (χ0v) is 32.5. The van der Waals surface area contributed by atoms with Crippen molar-refractivity contribution in [2.45, 2.75) is 30.3 Å². The highest BCUT2D eigenvalue weighted by Gasteiger charge is 2.43. The van der Waals surface area contributed by atoms with Gasteiger partial charge in [0.05, 0.1) is 36.5 Å². The van der Waals surface area contributed by atoms with Crippen LogP contribution in [0.15, 0.2) is 115 Å². The SMILES string of the molecule is COC(=O)c1ccc2c(c1)C1c3cc(COC=O)ccc3C2c2ccc(C(=O)OC)cc21.O=C(O)c1ccc2c(c1)C1c3ccccc3C2c2ccc(C(=O)O)cc21.O=C=O. The molecule has 0 spiro atoms. The lowest BCUT2D eigenvalue weighted by Crippen LogP contribution is -2.28. The van der Waals surface area contributed by atoms with E-state index in [-0.39, 0.29) is 47.6 Å². The largest absolute Gasteiger partial charge is 0.478 e. The first kappa shape index (κ1) is 39.9. The Kier molecular flexibility index (Phi) is 10.5. The highest BCUT2D eigenvalue weighted by Crippen LogP contribution is 2.57. The normalized spacial score (nSPS) is 17.0. The van der Waals surface area contributed by atoms with E-state index in [1.165, 1.54) is 25.3 Å². The molecule has 302 valence electrons. The average molecular weight is 815 g/mol. The summed E-state index contributed by atoms with van der Waals surface area (Å²) in [6.45, 7) is 0.611. The molecule has 61 heavy (non-hydrogen) atoms. The monoisotopic (exact) mass is 814 g/mol. The molecule has 4 bridgehead atoms. The molecule has 6 aromatic carbocycles. The van der Waals surface area contributed by atoms with Gasteiger partial charge in [0.1, 0.15) is 6.61 Å². The second-order valence-corrected chi connectivity index (χ2v) is 14.8. The van der Waals surface area contributed by atoms with Gasteiger partial charge in [0.15, 0.2) is 0 Å². The molecular formula is C49H34O12. The number of carbonyl (C=O) groups excluding carboxylic acids is 5. The van der Waals surface area contributed by atoms with Crippen molar-refractivity contribution < 1.29 is 58.0 Å². The van der Waals surface area contributed by atoms with Crippen LogP contribution in [0.25, 0.3) is 0 Å². The smallest absolute Gasteiger partial charge is 0.373 e. The fourth-order valence-electron chi connectivity index (χ4n) is 9.51. The van der Waals surface area contributed by atoms with Gasteiger partial charge in [0.25, 0.3) is 6.47 Å². The molecule has 0 atom stereocenters. The van der Waals surface area contributed by atoms with Gasteiger partial charge < -0.3 is 24.4 Å². The minimum atomic E-state index is -0.956. The minimum absolute atomic E-state index is 0.00638. The van der Waals surface area contributed by atoms with Crippen molar-refractivity contribution in [3.63, 3.8) is 0 Å². The predicted molar refractivity (Wildman–Crippen MR) is 215 cm³/mol. The summed E-state index contributed by atoms with van der Waals surface area (Å²) in [6.07, 6.45) is 0.250. The molecule has 6 aliphatic carbocycles. The third-order valence-electron chi connectivity index (χ3n) is 11.9. The molecular weight excluding hydrogens is 781 g/mol. The van der Waals surface area contributed by atoms with Crippen LogP contribution in [0, 0.1) is 0 Å². The molecule has 0 radical (unpaired) electrons. The van der Waals surface area contributed by atoms with E-state index in [0.29, 0.717) is 17.6 Å². The van der Waals surface area contributed by atoms with Crippen molar-refractivity contribution in [3.8, 4) is 0 Å². The third-order valence-corrected chi connectivity index (χ3v) is 11.9.